The van der Waals surface area contributed by atoms with Gasteiger partial charge in [-0.25, -0.2) is 4.79 Å². The summed E-state index contributed by atoms with van der Waals surface area (Å²) < 4.78 is 38.1. The minimum absolute atomic E-state index is 0.0736. The van der Waals surface area contributed by atoms with Gasteiger partial charge in [0.25, 0.3) is 0 Å². The first-order valence-electron chi connectivity index (χ1n) is 8.95. The fraction of sp³-hybridized carbons (Fsp3) is 0.389. The van der Waals surface area contributed by atoms with E-state index in [0.717, 1.165) is 43.8 Å². The summed E-state index contributed by atoms with van der Waals surface area (Å²) in [4.78, 5) is 14.1. The topological polar surface area (TPSA) is 82.2 Å². The Morgan fingerprint density at radius 1 is 1.14 bits per heavy atom. The Morgan fingerprint density at radius 3 is 2.68 bits per heavy atom. The van der Waals surface area contributed by atoms with Crippen molar-refractivity contribution in [1.29, 1.82) is 0 Å². The van der Waals surface area contributed by atoms with E-state index in [1.54, 1.807) is 6.20 Å². The van der Waals surface area contributed by atoms with Crippen LogP contribution in [0.25, 0.3) is 0 Å². The zero-order valence-corrected chi connectivity index (χ0v) is 15.1. The quantitative estimate of drug-likeness (QED) is 0.655. The maximum absolute atomic E-state index is 12.7. The summed E-state index contributed by atoms with van der Waals surface area (Å²) >= 11 is 0. The Morgan fingerprint density at radius 2 is 1.93 bits per heavy atom. The molecule has 0 unspecified atom stereocenters. The summed E-state index contributed by atoms with van der Waals surface area (Å²) in [5.74, 6) is 0.601. The lowest BCUT2D eigenvalue weighted by Gasteiger charge is -2.17. The lowest BCUT2D eigenvalue weighted by atomic mass is 10.2. The minimum Gasteiger partial charge on any atom is -0.370 e. The van der Waals surface area contributed by atoms with E-state index in [0.29, 0.717) is 12.4 Å². The highest BCUT2D eigenvalue weighted by Gasteiger charge is 2.30. The molecule has 2 aromatic rings. The fourth-order valence-corrected chi connectivity index (χ4v) is 2.91. The van der Waals surface area contributed by atoms with E-state index in [2.05, 4.69) is 31.0 Å². The van der Waals surface area contributed by atoms with Gasteiger partial charge in [0.15, 0.2) is 5.82 Å². The van der Waals surface area contributed by atoms with E-state index in [1.165, 1.54) is 12.1 Å². The van der Waals surface area contributed by atoms with Crippen molar-refractivity contribution in [2.75, 3.05) is 41.7 Å². The van der Waals surface area contributed by atoms with Crippen LogP contribution < -0.4 is 20.9 Å². The third-order valence-corrected chi connectivity index (χ3v) is 4.28. The Bertz CT molecular complexity index is 808. The SMILES string of the molecule is O=C(NCCNc1cc(N2CCCC2)cnn1)Nc1cccc(C(F)(F)F)c1. The molecular formula is C18H21F3N6O. The van der Waals surface area contributed by atoms with Gasteiger partial charge in [0.2, 0.25) is 0 Å². The van der Waals surface area contributed by atoms with Crippen molar-refractivity contribution in [3.8, 4) is 0 Å². The van der Waals surface area contributed by atoms with Gasteiger partial charge in [0, 0.05) is 37.9 Å². The molecule has 1 aliphatic heterocycles. The molecule has 3 N–H and O–H groups in total. The molecule has 0 bridgehead atoms. The highest BCUT2D eigenvalue weighted by molar-refractivity contribution is 5.89. The van der Waals surface area contributed by atoms with Gasteiger partial charge >= 0.3 is 12.2 Å². The highest BCUT2D eigenvalue weighted by atomic mass is 19.4. The summed E-state index contributed by atoms with van der Waals surface area (Å²) in [6.07, 6.45) is -0.411. The number of hydrogen-bond acceptors (Lipinski definition) is 5. The van der Waals surface area contributed by atoms with Crippen LogP contribution in [-0.2, 0) is 6.18 Å². The predicted molar refractivity (Wildman–Crippen MR) is 100 cm³/mol. The van der Waals surface area contributed by atoms with Gasteiger partial charge in [-0.3, -0.25) is 0 Å². The van der Waals surface area contributed by atoms with Crippen LogP contribution >= 0.6 is 0 Å². The van der Waals surface area contributed by atoms with E-state index in [1.807, 2.05) is 6.07 Å². The Labute approximate surface area is 160 Å². The minimum atomic E-state index is -4.46. The number of anilines is 3. The largest absolute Gasteiger partial charge is 0.416 e. The average molecular weight is 394 g/mol. The molecule has 0 radical (unpaired) electrons. The first-order chi connectivity index (χ1) is 13.4. The molecular weight excluding hydrogens is 373 g/mol. The molecule has 7 nitrogen and oxygen atoms in total. The van der Waals surface area contributed by atoms with Gasteiger partial charge < -0.3 is 20.9 Å². The number of hydrogen-bond donors (Lipinski definition) is 3. The van der Waals surface area contributed by atoms with Crippen molar-refractivity contribution in [2.24, 2.45) is 0 Å². The van der Waals surface area contributed by atoms with Crippen LogP contribution in [0.3, 0.4) is 0 Å². The van der Waals surface area contributed by atoms with Gasteiger partial charge in [0.1, 0.15) is 0 Å². The third kappa shape index (κ3) is 5.48. The number of amides is 2. The molecule has 10 heteroatoms. The Balaban J connectivity index is 1.43. The fourth-order valence-electron chi connectivity index (χ4n) is 2.91. The number of aromatic nitrogens is 2. The number of carbonyl (C=O) groups excluding carboxylic acids is 1. The molecule has 1 aromatic heterocycles. The number of urea groups is 1. The molecule has 1 aromatic carbocycles. The summed E-state index contributed by atoms with van der Waals surface area (Å²) in [5, 5.41) is 16.0. The number of alkyl halides is 3. The van der Waals surface area contributed by atoms with Crippen molar-refractivity contribution in [2.45, 2.75) is 19.0 Å². The van der Waals surface area contributed by atoms with Gasteiger partial charge in [-0.15, -0.1) is 5.10 Å². The second kappa shape index (κ2) is 8.77. The van der Waals surface area contributed by atoms with Crippen LogP contribution in [-0.4, -0.2) is 42.4 Å². The standard InChI is InChI=1S/C18H21F3N6O/c19-18(20,21)13-4-3-5-14(10-13)25-17(28)23-7-6-22-16-11-15(12-24-26-16)27-8-1-2-9-27/h3-5,10-12H,1-2,6-9H2,(H,22,26)(H2,23,25,28). The summed E-state index contributed by atoms with van der Waals surface area (Å²) in [6.45, 7) is 2.67. The molecule has 28 heavy (non-hydrogen) atoms. The Kier molecular flexibility index (Phi) is 6.17. The molecule has 1 aliphatic rings. The summed E-state index contributed by atoms with van der Waals surface area (Å²) in [5.41, 5.74) is 0.262. The lowest BCUT2D eigenvalue weighted by molar-refractivity contribution is -0.137. The van der Waals surface area contributed by atoms with Crippen LogP contribution in [0.4, 0.5) is 35.2 Å². The van der Waals surface area contributed by atoms with E-state index >= 15 is 0 Å². The van der Waals surface area contributed by atoms with Crippen LogP contribution in [0.2, 0.25) is 0 Å². The maximum Gasteiger partial charge on any atom is 0.416 e. The molecule has 3 rings (SSSR count). The van der Waals surface area contributed by atoms with Gasteiger partial charge in [0.05, 0.1) is 17.4 Å². The molecule has 0 aliphatic carbocycles. The van der Waals surface area contributed by atoms with Gasteiger partial charge in [-0.05, 0) is 31.0 Å². The van der Waals surface area contributed by atoms with Crippen molar-refractivity contribution in [1.82, 2.24) is 15.5 Å². The Hall–Kier alpha value is -3.04. The highest BCUT2D eigenvalue weighted by Crippen LogP contribution is 2.30. The van der Waals surface area contributed by atoms with Crippen molar-refractivity contribution < 1.29 is 18.0 Å². The van der Waals surface area contributed by atoms with Gasteiger partial charge in [-0.2, -0.15) is 18.3 Å². The van der Waals surface area contributed by atoms with Crippen LogP contribution in [0.15, 0.2) is 36.5 Å². The first-order valence-corrected chi connectivity index (χ1v) is 8.95. The molecule has 150 valence electrons. The van der Waals surface area contributed by atoms with E-state index in [9.17, 15) is 18.0 Å². The smallest absolute Gasteiger partial charge is 0.370 e. The average Bonchev–Trinajstić information content (AvgIpc) is 3.20. The molecule has 2 amide bonds. The van der Waals surface area contributed by atoms with Crippen molar-refractivity contribution in [3.63, 3.8) is 0 Å². The van der Waals surface area contributed by atoms with E-state index in [4.69, 9.17) is 0 Å². The van der Waals surface area contributed by atoms with Crippen LogP contribution in [0, 0.1) is 0 Å². The van der Waals surface area contributed by atoms with Crippen molar-refractivity contribution >= 4 is 23.2 Å². The summed E-state index contributed by atoms with van der Waals surface area (Å²) in [7, 11) is 0. The van der Waals surface area contributed by atoms with Crippen LogP contribution in [0.5, 0.6) is 0 Å². The number of nitrogens with zero attached hydrogens (tertiary/aromatic N) is 3. The van der Waals surface area contributed by atoms with E-state index < -0.39 is 17.8 Å². The van der Waals surface area contributed by atoms with E-state index in [-0.39, 0.29) is 12.2 Å². The molecule has 0 spiro atoms. The second-order valence-corrected chi connectivity index (χ2v) is 6.38. The molecule has 1 saturated heterocycles. The molecule has 0 atom stereocenters. The second-order valence-electron chi connectivity index (χ2n) is 6.38. The predicted octanol–water partition coefficient (Wildman–Crippen LogP) is 3.33. The number of carbonyl (C=O) groups is 1. The van der Waals surface area contributed by atoms with Gasteiger partial charge in [-0.1, -0.05) is 6.07 Å². The molecule has 1 fully saturated rings. The number of nitrogens with one attached hydrogen (secondary N) is 3. The maximum atomic E-state index is 12.7. The van der Waals surface area contributed by atoms with Crippen LogP contribution in [0.1, 0.15) is 18.4 Å². The van der Waals surface area contributed by atoms with Crippen molar-refractivity contribution in [3.05, 3.63) is 42.1 Å². The zero-order valence-electron chi connectivity index (χ0n) is 15.1. The number of rotatable bonds is 6. The zero-order chi connectivity index (χ0) is 20.0. The lowest BCUT2D eigenvalue weighted by Crippen LogP contribution is -2.32. The number of benzene rings is 1. The molecule has 0 saturated carbocycles. The normalized spacial score (nSPS) is 14.0. The third-order valence-electron chi connectivity index (χ3n) is 4.28. The molecule has 2 heterocycles. The first kappa shape index (κ1) is 19.7. The monoisotopic (exact) mass is 394 g/mol. The number of halogens is 3. The summed E-state index contributed by atoms with van der Waals surface area (Å²) in [6, 6.07) is 5.79.